The monoisotopic (exact) mass is 417 g/mol. The number of aromatic amines is 1. The molecule has 3 aromatic rings. The van der Waals surface area contributed by atoms with Crippen molar-refractivity contribution in [2.24, 2.45) is 5.92 Å². The fraction of sp³-hybridized carbons (Fsp3) is 0.423. The summed E-state index contributed by atoms with van der Waals surface area (Å²) in [5, 5.41) is 8.84. The molecule has 1 aromatic heterocycles. The van der Waals surface area contributed by atoms with Gasteiger partial charge in [0, 0.05) is 18.7 Å². The summed E-state index contributed by atoms with van der Waals surface area (Å²) < 4.78 is 12.5. The molecule has 5 rings (SSSR count). The minimum atomic E-state index is 0.308. The molecule has 2 aliphatic rings. The number of H-pyrrole nitrogens is 1. The highest BCUT2D eigenvalue weighted by molar-refractivity contribution is 5.97. The van der Waals surface area contributed by atoms with Crippen LogP contribution in [0.25, 0.3) is 22.2 Å². The predicted molar refractivity (Wildman–Crippen MR) is 125 cm³/mol. The van der Waals surface area contributed by atoms with E-state index in [2.05, 4.69) is 70.7 Å². The molecule has 0 bridgehead atoms. The zero-order valence-corrected chi connectivity index (χ0v) is 18.2. The maximum atomic E-state index is 6.29. The molecule has 1 saturated heterocycles. The van der Waals surface area contributed by atoms with Crippen molar-refractivity contribution < 1.29 is 9.47 Å². The van der Waals surface area contributed by atoms with Gasteiger partial charge in [0.25, 0.3) is 0 Å². The standard InChI is InChI=1S/C26H31N3O2/c1-29-16-14-22(15-17-29)31-21-12-10-20(11-13-21)26-25-23(27-28-26)8-5-9-24(25)30-18-19-6-3-2-4-7-19/h2-3,5,8-13,19,22H,4,6-7,14-18H2,1H3,(H,27,28)/t19-/m0/s1. The SMILES string of the molecule is CN1CCC(Oc2ccc(-c3n[nH]c4cccc(OC[C@H]5CC=CCC5)c34)cc2)CC1. The lowest BCUT2D eigenvalue weighted by Crippen LogP contribution is -2.35. The number of likely N-dealkylation sites (tertiary alicyclic amines) is 1. The molecule has 0 amide bonds. The van der Waals surface area contributed by atoms with Crippen LogP contribution in [-0.4, -0.2) is 47.9 Å². The number of nitrogens with one attached hydrogen (secondary N) is 1. The van der Waals surface area contributed by atoms with Gasteiger partial charge < -0.3 is 14.4 Å². The Bertz CT molecular complexity index is 1030. The van der Waals surface area contributed by atoms with Gasteiger partial charge in [0.05, 0.1) is 17.5 Å². The molecule has 1 N–H and O–H groups in total. The Morgan fingerprint density at radius 1 is 1.03 bits per heavy atom. The molecular formula is C26H31N3O2. The van der Waals surface area contributed by atoms with Gasteiger partial charge in [-0.3, -0.25) is 5.10 Å². The Morgan fingerprint density at radius 2 is 1.87 bits per heavy atom. The molecule has 0 spiro atoms. The Hall–Kier alpha value is -2.79. The largest absolute Gasteiger partial charge is 0.493 e. The second kappa shape index (κ2) is 9.15. The van der Waals surface area contributed by atoms with Crippen LogP contribution < -0.4 is 9.47 Å². The molecule has 1 aliphatic carbocycles. The molecule has 1 aliphatic heterocycles. The van der Waals surface area contributed by atoms with Crippen LogP contribution in [0.5, 0.6) is 11.5 Å². The van der Waals surface area contributed by atoms with Gasteiger partial charge in [0.2, 0.25) is 0 Å². The first-order valence-corrected chi connectivity index (χ1v) is 11.5. The highest BCUT2D eigenvalue weighted by Crippen LogP contribution is 2.35. The van der Waals surface area contributed by atoms with Gasteiger partial charge in [-0.05, 0) is 81.5 Å². The number of hydrogen-bond acceptors (Lipinski definition) is 4. The third-order valence-electron chi connectivity index (χ3n) is 6.50. The van der Waals surface area contributed by atoms with E-state index in [1.54, 1.807) is 0 Å². The van der Waals surface area contributed by atoms with Gasteiger partial charge in [0.1, 0.15) is 23.3 Å². The smallest absolute Gasteiger partial charge is 0.130 e. The van der Waals surface area contributed by atoms with Gasteiger partial charge in [-0.2, -0.15) is 5.10 Å². The number of aromatic nitrogens is 2. The maximum absolute atomic E-state index is 6.29. The normalized spacial score (nSPS) is 20.2. The molecule has 1 atom stereocenters. The number of fused-ring (bicyclic) bond motifs is 1. The number of nitrogens with zero attached hydrogens (tertiary/aromatic N) is 2. The molecule has 0 saturated carbocycles. The second-order valence-corrected chi connectivity index (χ2v) is 8.86. The van der Waals surface area contributed by atoms with E-state index in [-0.39, 0.29) is 0 Å². The van der Waals surface area contributed by atoms with E-state index in [4.69, 9.17) is 9.47 Å². The van der Waals surface area contributed by atoms with E-state index >= 15 is 0 Å². The van der Waals surface area contributed by atoms with Crippen LogP contribution >= 0.6 is 0 Å². The summed E-state index contributed by atoms with van der Waals surface area (Å²) >= 11 is 0. The molecule has 2 aromatic carbocycles. The predicted octanol–water partition coefficient (Wildman–Crippen LogP) is 5.44. The van der Waals surface area contributed by atoms with E-state index < -0.39 is 0 Å². The highest BCUT2D eigenvalue weighted by atomic mass is 16.5. The first kappa shape index (κ1) is 20.1. The summed E-state index contributed by atoms with van der Waals surface area (Å²) in [4.78, 5) is 2.36. The molecule has 2 heterocycles. The molecule has 5 nitrogen and oxygen atoms in total. The minimum Gasteiger partial charge on any atom is -0.493 e. The van der Waals surface area contributed by atoms with Crippen molar-refractivity contribution in [1.29, 1.82) is 0 Å². The van der Waals surface area contributed by atoms with E-state index in [0.29, 0.717) is 12.0 Å². The number of rotatable bonds is 6. The molecule has 0 unspecified atom stereocenters. The number of hydrogen-bond donors (Lipinski definition) is 1. The Balaban J connectivity index is 1.33. The summed E-state index contributed by atoms with van der Waals surface area (Å²) in [6, 6.07) is 14.5. The van der Waals surface area contributed by atoms with Crippen LogP contribution in [0.15, 0.2) is 54.6 Å². The molecule has 162 valence electrons. The molecule has 31 heavy (non-hydrogen) atoms. The Labute approximate surface area is 184 Å². The van der Waals surface area contributed by atoms with Crippen LogP contribution in [0.4, 0.5) is 0 Å². The zero-order chi connectivity index (χ0) is 21.0. The molecule has 5 heteroatoms. The topological polar surface area (TPSA) is 50.4 Å². The zero-order valence-electron chi connectivity index (χ0n) is 18.2. The number of piperidine rings is 1. The van der Waals surface area contributed by atoms with Crippen molar-refractivity contribution in [3.8, 4) is 22.8 Å². The summed E-state index contributed by atoms with van der Waals surface area (Å²) in [5.41, 5.74) is 3.00. The van der Waals surface area contributed by atoms with Crippen molar-refractivity contribution in [2.75, 3.05) is 26.7 Å². The van der Waals surface area contributed by atoms with Gasteiger partial charge in [-0.15, -0.1) is 0 Å². The Morgan fingerprint density at radius 3 is 2.65 bits per heavy atom. The summed E-state index contributed by atoms with van der Waals surface area (Å²) in [5.74, 6) is 2.43. The van der Waals surface area contributed by atoms with Gasteiger partial charge in [0.15, 0.2) is 0 Å². The molecule has 1 fully saturated rings. The lowest BCUT2D eigenvalue weighted by atomic mass is 9.95. The van der Waals surface area contributed by atoms with Crippen LogP contribution in [0, 0.1) is 5.92 Å². The average molecular weight is 418 g/mol. The lowest BCUT2D eigenvalue weighted by molar-refractivity contribution is 0.114. The van der Waals surface area contributed by atoms with Gasteiger partial charge >= 0.3 is 0 Å². The van der Waals surface area contributed by atoms with Crippen molar-refractivity contribution in [1.82, 2.24) is 15.1 Å². The van der Waals surface area contributed by atoms with Gasteiger partial charge in [-0.25, -0.2) is 0 Å². The van der Waals surface area contributed by atoms with Crippen LogP contribution in [0.2, 0.25) is 0 Å². The van der Waals surface area contributed by atoms with Crippen molar-refractivity contribution in [3.63, 3.8) is 0 Å². The summed E-state index contributed by atoms with van der Waals surface area (Å²) in [6.07, 6.45) is 10.5. The first-order chi connectivity index (χ1) is 15.3. The number of allylic oxidation sites excluding steroid dienone is 2. The Kier molecular flexibility index (Phi) is 5.94. The quantitative estimate of drug-likeness (QED) is 0.543. The van der Waals surface area contributed by atoms with Crippen LogP contribution in [0.1, 0.15) is 32.1 Å². The first-order valence-electron chi connectivity index (χ1n) is 11.5. The lowest BCUT2D eigenvalue weighted by Gasteiger charge is -2.29. The van der Waals surface area contributed by atoms with E-state index in [1.807, 2.05) is 6.07 Å². The number of ether oxygens (including phenoxy) is 2. The maximum Gasteiger partial charge on any atom is 0.130 e. The minimum absolute atomic E-state index is 0.308. The third-order valence-corrected chi connectivity index (χ3v) is 6.50. The number of benzene rings is 2. The highest BCUT2D eigenvalue weighted by Gasteiger charge is 2.19. The summed E-state index contributed by atoms with van der Waals surface area (Å²) in [6.45, 7) is 2.95. The van der Waals surface area contributed by atoms with Crippen LogP contribution in [-0.2, 0) is 0 Å². The average Bonchev–Trinajstić information content (AvgIpc) is 3.25. The summed E-state index contributed by atoms with van der Waals surface area (Å²) in [7, 11) is 2.17. The van der Waals surface area contributed by atoms with Crippen molar-refractivity contribution >= 4 is 10.9 Å². The van der Waals surface area contributed by atoms with E-state index in [9.17, 15) is 0 Å². The fourth-order valence-corrected chi connectivity index (χ4v) is 4.57. The third kappa shape index (κ3) is 4.62. The van der Waals surface area contributed by atoms with Crippen LogP contribution in [0.3, 0.4) is 0 Å². The molecule has 0 radical (unpaired) electrons. The van der Waals surface area contributed by atoms with Crippen molar-refractivity contribution in [3.05, 3.63) is 54.6 Å². The fourth-order valence-electron chi connectivity index (χ4n) is 4.57. The second-order valence-electron chi connectivity index (χ2n) is 8.86. The van der Waals surface area contributed by atoms with E-state index in [1.165, 1.54) is 6.42 Å². The van der Waals surface area contributed by atoms with Gasteiger partial charge in [-0.1, -0.05) is 18.2 Å². The van der Waals surface area contributed by atoms with E-state index in [0.717, 1.165) is 79.0 Å². The molecular weight excluding hydrogens is 386 g/mol. The van der Waals surface area contributed by atoms with Crippen molar-refractivity contribution in [2.45, 2.75) is 38.2 Å².